The number of nitrogens with one attached hydrogen (secondary N) is 1. The van der Waals surface area contributed by atoms with Crippen LogP contribution in [0.15, 0.2) is 36.4 Å². The Kier molecular flexibility index (Phi) is 4.62. The molecule has 0 aliphatic rings. The van der Waals surface area contributed by atoms with Gasteiger partial charge >= 0.3 is 6.18 Å². The van der Waals surface area contributed by atoms with Gasteiger partial charge in [0.2, 0.25) is 0 Å². The number of aryl methyl sites for hydroxylation is 1. The van der Waals surface area contributed by atoms with Gasteiger partial charge in [-0.15, -0.1) is 11.3 Å². The number of nitrogens with zero attached hydrogens (tertiary/aromatic N) is 1. The Morgan fingerprint density at radius 1 is 1.27 bits per heavy atom. The van der Waals surface area contributed by atoms with E-state index >= 15 is 0 Å². The van der Waals surface area contributed by atoms with Crippen LogP contribution < -0.4 is 11.1 Å². The molecule has 1 amide bonds. The molecule has 0 spiro atoms. The molecule has 0 bridgehead atoms. The highest BCUT2D eigenvalue weighted by Gasteiger charge is 2.34. The van der Waals surface area contributed by atoms with Crippen LogP contribution in [-0.2, 0) is 6.18 Å². The summed E-state index contributed by atoms with van der Waals surface area (Å²) in [4.78, 5) is 16.5. The van der Waals surface area contributed by atoms with Crippen LogP contribution in [0.1, 0.15) is 39.5 Å². The summed E-state index contributed by atoms with van der Waals surface area (Å²) < 4.78 is 38.9. The van der Waals surface area contributed by atoms with Crippen molar-refractivity contribution in [3.63, 3.8) is 0 Å². The van der Waals surface area contributed by atoms with Gasteiger partial charge in [-0.25, -0.2) is 4.98 Å². The molecule has 4 nitrogen and oxygen atoms in total. The number of halogens is 3. The molecule has 0 saturated carbocycles. The van der Waals surface area contributed by atoms with Crippen molar-refractivity contribution in [1.29, 1.82) is 0 Å². The topological polar surface area (TPSA) is 68.0 Å². The molecule has 0 aliphatic heterocycles. The van der Waals surface area contributed by atoms with Gasteiger partial charge in [-0.05, 0) is 31.0 Å². The van der Waals surface area contributed by atoms with Crippen molar-refractivity contribution in [2.45, 2.75) is 26.1 Å². The summed E-state index contributed by atoms with van der Waals surface area (Å²) in [6.07, 6.45) is -4.55. The van der Waals surface area contributed by atoms with Crippen molar-refractivity contribution >= 4 is 33.1 Å². The molecular weight excluding hydrogens is 363 g/mol. The lowest BCUT2D eigenvalue weighted by Crippen LogP contribution is -2.26. The number of anilines is 1. The van der Waals surface area contributed by atoms with E-state index in [1.54, 1.807) is 0 Å². The van der Waals surface area contributed by atoms with E-state index in [0.717, 1.165) is 23.0 Å². The highest BCUT2D eigenvalue weighted by molar-refractivity contribution is 7.21. The molecule has 8 heteroatoms. The van der Waals surface area contributed by atoms with Crippen molar-refractivity contribution in [1.82, 2.24) is 10.3 Å². The number of hydrogen-bond donors (Lipinski definition) is 2. The van der Waals surface area contributed by atoms with Gasteiger partial charge in [-0.3, -0.25) is 4.79 Å². The van der Waals surface area contributed by atoms with Crippen molar-refractivity contribution < 1.29 is 18.0 Å². The van der Waals surface area contributed by atoms with Gasteiger partial charge in [0.15, 0.2) is 0 Å². The zero-order chi connectivity index (χ0) is 19.1. The second-order valence-corrected chi connectivity index (χ2v) is 6.95. The number of nitrogens with two attached hydrogens (primary N) is 1. The van der Waals surface area contributed by atoms with E-state index in [-0.39, 0.29) is 21.4 Å². The molecule has 3 N–H and O–H groups in total. The van der Waals surface area contributed by atoms with Gasteiger partial charge in [0.05, 0.1) is 11.7 Å². The Morgan fingerprint density at radius 2 is 1.92 bits per heavy atom. The van der Waals surface area contributed by atoms with Gasteiger partial charge in [0.25, 0.3) is 5.91 Å². The molecule has 3 rings (SSSR count). The fourth-order valence-electron chi connectivity index (χ4n) is 2.71. The monoisotopic (exact) mass is 379 g/mol. The molecule has 0 unspecified atom stereocenters. The maximum Gasteiger partial charge on any atom is 0.433 e. The van der Waals surface area contributed by atoms with E-state index in [4.69, 9.17) is 5.73 Å². The number of benzene rings is 1. The Labute approximate surface area is 151 Å². The minimum Gasteiger partial charge on any atom is -0.397 e. The molecular formula is C18H16F3N3OS. The third kappa shape index (κ3) is 3.37. The van der Waals surface area contributed by atoms with Crippen LogP contribution in [0.4, 0.5) is 18.9 Å². The Balaban J connectivity index is 1.96. The molecule has 2 aromatic heterocycles. The normalized spacial score (nSPS) is 13.0. The molecule has 1 aromatic carbocycles. The number of amides is 1. The van der Waals surface area contributed by atoms with Gasteiger partial charge < -0.3 is 11.1 Å². The summed E-state index contributed by atoms with van der Waals surface area (Å²) in [5.41, 5.74) is 6.45. The minimum absolute atomic E-state index is 0.104. The number of nitrogen functional groups attached to an aromatic ring is 1. The second kappa shape index (κ2) is 6.60. The van der Waals surface area contributed by atoms with Gasteiger partial charge in [-0.1, -0.05) is 30.3 Å². The van der Waals surface area contributed by atoms with Crippen molar-refractivity contribution in [3.8, 4) is 0 Å². The largest absolute Gasteiger partial charge is 0.433 e. The first-order valence-electron chi connectivity index (χ1n) is 7.81. The van der Waals surface area contributed by atoms with Crippen LogP contribution in [0.25, 0.3) is 10.2 Å². The number of carbonyl (C=O) groups is 1. The van der Waals surface area contributed by atoms with Gasteiger partial charge in [0, 0.05) is 5.39 Å². The van der Waals surface area contributed by atoms with Gasteiger partial charge in [0.1, 0.15) is 15.4 Å². The Morgan fingerprint density at radius 3 is 2.54 bits per heavy atom. The molecule has 3 aromatic rings. The Bertz CT molecular complexity index is 967. The molecule has 1 atom stereocenters. The fourth-order valence-corrected chi connectivity index (χ4v) is 3.79. The minimum atomic E-state index is -4.55. The van der Waals surface area contributed by atoms with E-state index < -0.39 is 17.8 Å². The summed E-state index contributed by atoms with van der Waals surface area (Å²) in [6, 6.07) is 10.0. The van der Waals surface area contributed by atoms with Crippen LogP contribution in [0.2, 0.25) is 0 Å². The molecule has 26 heavy (non-hydrogen) atoms. The summed E-state index contributed by atoms with van der Waals surface area (Å²) in [5.74, 6) is -0.435. The molecule has 0 aliphatic carbocycles. The van der Waals surface area contributed by atoms with Crippen molar-refractivity contribution in [2.24, 2.45) is 0 Å². The first-order valence-corrected chi connectivity index (χ1v) is 8.62. The van der Waals surface area contributed by atoms with E-state index in [9.17, 15) is 18.0 Å². The third-order valence-electron chi connectivity index (χ3n) is 4.04. The lowest BCUT2D eigenvalue weighted by Gasteiger charge is -2.13. The van der Waals surface area contributed by atoms with E-state index in [0.29, 0.717) is 10.9 Å². The zero-order valence-corrected chi connectivity index (χ0v) is 14.8. The number of carbonyl (C=O) groups excluding carboxylic acids is 1. The number of thiophene rings is 1. The molecule has 2 heterocycles. The first-order chi connectivity index (χ1) is 12.2. The highest BCUT2D eigenvalue weighted by atomic mass is 32.1. The van der Waals surface area contributed by atoms with Gasteiger partial charge in [-0.2, -0.15) is 13.2 Å². The zero-order valence-electron chi connectivity index (χ0n) is 14.0. The van der Waals surface area contributed by atoms with E-state index in [1.165, 1.54) is 6.92 Å². The van der Waals surface area contributed by atoms with Crippen molar-refractivity contribution in [2.75, 3.05) is 5.73 Å². The predicted molar refractivity (Wildman–Crippen MR) is 96.1 cm³/mol. The second-order valence-electron chi connectivity index (χ2n) is 5.95. The van der Waals surface area contributed by atoms with Crippen LogP contribution in [0.3, 0.4) is 0 Å². The maximum absolute atomic E-state index is 13.0. The smallest absolute Gasteiger partial charge is 0.397 e. The number of hydrogen-bond acceptors (Lipinski definition) is 4. The number of alkyl halides is 3. The average molecular weight is 379 g/mol. The fraction of sp³-hybridized carbons (Fsp3) is 0.222. The number of aromatic nitrogens is 1. The highest BCUT2D eigenvalue weighted by Crippen LogP contribution is 2.38. The summed E-state index contributed by atoms with van der Waals surface area (Å²) >= 11 is 0.865. The lowest BCUT2D eigenvalue weighted by atomic mass is 10.1. The van der Waals surface area contributed by atoms with Crippen molar-refractivity contribution in [3.05, 3.63) is 58.1 Å². The van der Waals surface area contributed by atoms with Crippen LogP contribution in [0, 0.1) is 6.92 Å². The number of fused-ring (bicyclic) bond motifs is 1. The van der Waals surface area contributed by atoms with Crippen LogP contribution in [-0.4, -0.2) is 10.9 Å². The molecule has 0 fully saturated rings. The van der Waals surface area contributed by atoms with E-state index in [1.807, 2.05) is 37.3 Å². The first kappa shape index (κ1) is 18.2. The van der Waals surface area contributed by atoms with E-state index in [2.05, 4.69) is 10.3 Å². The average Bonchev–Trinajstić information content (AvgIpc) is 2.92. The molecule has 0 saturated heterocycles. The number of pyridine rings is 1. The lowest BCUT2D eigenvalue weighted by molar-refractivity contribution is -0.141. The summed E-state index contributed by atoms with van der Waals surface area (Å²) in [7, 11) is 0. The van der Waals surface area contributed by atoms with Crippen LogP contribution in [0.5, 0.6) is 0 Å². The maximum atomic E-state index is 13.0. The number of rotatable bonds is 3. The Hall–Kier alpha value is -2.61. The summed E-state index contributed by atoms with van der Waals surface area (Å²) in [6.45, 7) is 3.35. The van der Waals surface area contributed by atoms with Crippen LogP contribution >= 0.6 is 11.3 Å². The summed E-state index contributed by atoms with van der Waals surface area (Å²) in [5, 5.41) is 3.21. The third-order valence-corrected chi connectivity index (χ3v) is 5.14. The SMILES string of the molecule is Cc1cc(C(F)(F)F)nc2sc(C(=O)N[C@@H](C)c3ccccc3)c(N)c12. The standard InChI is InChI=1S/C18H16F3N3OS/c1-9-8-12(18(19,20)21)24-17-13(9)14(22)15(26-17)16(25)23-10(2)11-6-4-3-5-7-11/h3-8,10H,22H2,1-2H3,(H,23,25)/t10-/m0/s1. The molecule has 136 valence electrons. The quantitative estimate of drug-likeness (QED) is 0.693. The molecule has 0 radical (unpaired) electrons. The predicted octanol–water partition coefficient (Wildman–Crippen LogP) is 4.70.